The van der Waals surface area contributed by atoms with Crippen LogP contribution in [0.5, 0.6) is 5.88 Å². The van der Waals surface area contributed by atoms with Crippen molar-refractivity contribution in [3.05, 3.63) is 44.9 Å². The van der Waals surface area contributed by atoms with Crippen LogP contribution in [-0.2, 0) is 11.2 Å². The second-order valence-corrected chi connectivity index (χ2v) is 4.88. The van der Waals surface area contributed by atoms with E-state index < -0.39 is 0 Å². The Kier molecular flexibility index (Phi) is 4.34. The van der Waals surface area contributed by atoms with Crippen LogP contribution in [0.25, 0.3) is 11.1 Å². The molecule has 1 aromatic carbocycles. The Labute approximate surface area is 118 Å². The Bertz CT molecular complexity index is 623. The lowest BCUT2D eigenvalue weighted by Gasteiger charge is -2.06. The molecule has 0 aliphatic heterocycles. The summed E-state index contributed by atoms with van der Waals surface area (Å²) in [5.41, 5.74) is 0.433. The number of benzene rings is 1. The lowest BCUT2D eigenvalue weighted by atomic mass is 10.1. The highest BCUT2D eigenvalue weighted by Gasteiger charge is 2.12. The van der Waals surface area contributed by atoms with Gasteiger partial charge in [-0.3, -0.25) is 4.79 Å². The van der Waals surface area contributed by atoms with Gasteiger partial charge in [0.05, 0.1) is 6.61 Å². The maximum atomic E-state index is 12.0. The van der Waals surface area contributed by atoms with Crippen LogP contribution in [0.15, 0.2) is 33.5 Å². The smallest absolute Gasteiger partial charge is 0.262 e. The van der Waals surface area contributed by atoms with Gasteiger partial charge in [0, 0.05) is 18.0 Å². The van der Waals surface area contributed by atoms with Crippen molar-refractivity contribution in [2.45, 2.75) is 6.42 Å². The summed E-state index contributed by atoms with van der Waals surface area (Å²) in [4.78, 5) is 18.6. The predicted octanol–water partition coefficient (Wildman–Crippen LogP) is 2.09. The molecular formula is C13H13BrN2O3. The molecule has 0 bridgehead atoms. The molecular weight excluding hydrogens is 312 g/mol. The van der Waals surface area contributed by atoms with Gasteiger partial charge in [0.25, 0.3) is 5.56 Å². The number of nitrogens with zero attached hydrogens (tertiary/aromatic N) is 1. The molecule has 0 saturated heterocycles. The summed E-state index contributed by atoms with van der Waals surface area (Å²) in [6, 6.07) is 7.08. The Morgan fingerprint density at radius 3 is 2.63 bits per heavy atom. The summed E-state index contributed by atoms with van der Waals surface area (Å²) in [5.74, 6) is 0.141. The van der Waals surface area contributed by atoms with Crippen LogP contribution in [0.4, 0.5) is 0 Å². The van der Waals surface area contributed by atoms with Crippen molar-refractivity contribution >= 4 is 15.9 Å². The molecule has 0 radical (unpaired) electrons. The summed E-state index contributed by atoms with van der Waals surface area (Å²) in [6.07, 6.45) is 0.444. The molecule has 0 saturated carbocycles. The fraction of sp³-hybridized carbons (Fsp3) is 0.231. The Hall–Kier alpha value is -1.66. The maximum absolute atomic E-state index is 12.0. The average molecular weight is 325 g/mol. The molecule has 0 aliphatic rings. The number of methoxy groups -OCH3 is 1. The van der Waals surface area contributed by atoms with E-state index in [9.17, 15) is 9.90 Å². The first-order valence-electron chi connectivity index (χ1n) is 5.69. The zero-order valence-corrected chi connectivity index (χ0v) is 11.9. The van der Waals surface area contributed by atoms with E-state index in [1.54, 1.807) is 31.4 Å². The number of aromatic hydroxyl groups is 1. The summed E-state index contributed by atoms with van der Waals surface area (Å²) < 4.78 is 5.80. The molecule has 0 aliphatic carbocycles. The van der Waals surface area contributed by atoms with E-state index in [0.717, 1.165) is 4.47 Å². The second kappa shape index (κ2) is 5.99. The Balaban J connectivity index is 2.42. The first-order valence-corrected chi connectivity index (χ1v) is 6.48. The second-order valence-electron chi connectivity index (χ2n) is 3.96. The maximum Gasteiger partial charge on any atom is 0.262 e. The highest BCUT2D eigenvalue weighted by molar-refractivity contribution is 9.10. The molecule has 5 nitrogen and oxygen atoms in total. The molecule has 6 heteroatoms. The van der Waals surface area contributed by atoms with Gasteiger partial charge in [-0.05, 0) is 17.7 Å². The van der Waals surface area contributed by atoms with Gasteiger partial charge >= 0.3 is 0 Å². The number of ether oxygens (including phenoxy) is 1. The van der Waals surface area contributed by atoms with Gasteiger partial charge in [-0.1, -0.05) is 28.1 Å². The summed E-state index contributed by atoms with van der Waals surface area (Å²) in [7, 11) is 1.56. The third kappa shape index (κ3) is 3.21. The van der Waals surface area contributed by atoms with Crippen molar-refractivity contribution in [2.24, 2.45) is 0 Å². The van der Waals surface area contributed by atoms with Gasteiger partial charge in [-0.2, -0.15) is 4.98 Å². The molecule has 0 fully saturated rings. The fourth-order valence-electron chi connectivity index (χ4n) is 1.70. The molecule has 0 amide bonds. The monoisotopic (exact) mass is 324 g/mol. The third-order valence-electron chi connectivity index (χ3n) is 2.63. The van der Waals surface area contributed by atoms with Crippen LogP contribution < -0.4 is 5.56 Å². The van der Waals surface area contributed by atoms with Gasteiger partial charge in [0.15, 0.2) is 0 Å². The van der Waals surface area contributed by atoms with Gasteiger partial charge < -0.3 is 14.8 Å². The molecule has 0 atom stereocenters. The minimum absolute atomic E-state index is 0.175. The lowest BCUT2D eigenvalue weighted by Crippen LogP contribution is -2.15. The molecule has 1 aromatic heterocycles. The summed E-state index contributed by atoms with van der Waals surface area (Å²) >= 11 is 3.32. The minimum Gasteiger partial charge on any atom is -0.493 e. The van der Waals surface area contributed by atoms with Crippen molar-refractivity contribution in [1.82, 2.24) is 9.97 Å². The quantitative estimate of drug-likeness (QED) is 0.903. The number of halogens is 1. The Morgan fingerprint density at radius 2 is 2.05 bits per heavy atom. The Morgan fingerprint density at radius 1 is 1.37 bits per heavy atom. The molecule has 0 unspecified atom stereocenters. The van der Waals surface area contributed by atoms with Gasteiger partial charge in [0.1, 0.15) is 11.4 Å². The topological polar surface area (TPSA) is 75.2 Å². The first-order chi connectivity index (χ1) is 9.11. The molecule has 0 spiro atoms. The van der Waals surface area contributed by atoms with Crippen molar-refractivity contribution in [2.75, 3.05) is 13.7 Å². The van der Waals surface area contributed by atoms with Crippen LogP contribution in [0.1, 0.15) is 5.82 Å². The zero-order valence-electron chi connectivity index (χ0n) is 10.3. The van der Waals surface area contributed by atoms with Crippen molar-refractivity contribution in [1.29, 1.82) is 0 Å². The number of nitrogens with one attached hydrogen (secondary N) is 1. The minimum atomic E-state index is -0.360. The fourth-order valence-corrected chi connectivity index (χ4v) is 1.97. The first kappa shape index (κ1) is 13.8. The van der Waals surface area contributed by atoms with E-state index in [0.29, 0.717) is 24.4 Å². The van der Waals surface area contributed by atoms with Crippen LogP contribution in [0.3, 0.4) is 0 Å². The highest BCUT2D eigenvalue weighted by Crippen LogP contribution is 2.24. The number of H-pyrrole nitrogens is 1. The number of hydrogen-bond donors (Lipinski definition) is 2. The van der Waals surface area contributed by atoms with Gasteiger partial charge in [-0.25, -0.2) is 0 Å². The number of aromatic nitrogens is 2. The molecule has 1 heterocycles. The van der Waals surface area contributed by atoms with E-state index >= 15 is 0 Å². The summed E-state index contributed by atoms with van der Waals surface area (Å²) in [6.45, 7) is 0.431. The molecule has 2 aromatic rings. The van der Waals surface area contributed by atoms with Crippen LogP contribution in [0, 0.1) is 0 Å². The number of rotatable bonds is 4. The van der Waals surface area contributed by atoms with Gasteiger partial charge in [0.2, 0.25) is 5.88 Å². The average Bonchev–Trinajstić information content (AvgIpc) is 2.38. The molecule has 19 heavy (non-hydrogen) atoms. The lowest BCUT2D eigenvalue weighted by molar-refractivity contribution is 0.200. The number of hydrogen-bond acceptors (Lipinski definition) is 4. The third-order valence-corrected chi connectivity index (χ3v) is 3.15. The molecule has 2 N–H and O–H groups in total. The van der Waals surface area contributed by atoms with Crippen LogP contribution in [0.2, 0.25) is 0 Å². The zero-order chi connectivity index (χ0) is 13.8. The van der Waals surface area contributed by atoms with E-state index in [2.05, 4.69) is 25.9 Å². The summed E-state index contributed by atoms with van der Waals surface area (Å²) in [5, 5.41) is 9.91. The standard InChI is InChI=1S/C13H13BrN2O3/c1-19-7-6-10-15-12(17)11(13(18)16-10)8-2-4-9(14)5-3-8/h2-5H,6-7H2,1H3,(H2,15,16,17,18). The van der Waals surface area contributed by atoms with Gasteiger partial charge in [-0.15, -0.1) is 0 Å². The molecule has 100 valence electrons. The normalized spacial score (nSPS) is 10.6. The van der Waals surface area contributed by atoms with Crippen molar-refractivity contribution < 1.29 is 9.84 Å². The number of aromatic amines is 1. The van der Waals surface area contributed by atoms with Crippen molar-refractivity contribution in [3.8, 4) is 17.0 Å². The predicted molar refractivity (Wildman–Crippen MR) is 75.2 cm³/mol. The molecule has 2 rings (SSSR count). The van der Waals surface area contributed by atoms with Crippen LogP contribution >= 0.6 is 15.9 Å². The SMILES string of the molecule is COCCc1nc(O)c(-c2ccc(Br)cc2)c(=O)[nH]1. The van der Waals surface area contributed by atoms with Crippen molar-refractivity contribution in [3.63, 3.8) is 0 Å². The largest absolute Gasteiger partial charge is 0.493 e. The van der Waals surface area contributed by atoms with E-state index in [1.807, 2.05) is 0 Å². The van der Waals surface area contributed by atoms with Crippen LogP contribution in [-0.4, -0.2) is 28.8 Å². The highest BCUT2D eigenvalue weighted by atomic mass is 79.9. The van der Waals surface area contributed by atoms with E-state index in [4.69, 9.17) is 4.74 Å². The van der Waals surface area contributed by atoms with E-state index in [1.165, 1.54) is 0 Å². The van der Waals surface area contributed by atoms with E-state index in [-0.39, 0.29) is 17.0 Å².